The van der Waals surface area contributed by atoms with E-state index < -0.39 is 22.5 Å². The van der Waals surface area contributed by atoms with Gasteiger partial charge in [-0.15, -0.1) is 0 Å². The summed E-state index contributed by atoms with van der Waals surface area (Å²) in [6.07, 6.45) is 3.12. The molecule has 0 aliphatic carbocycles. The average molecular weight is 573 g/mol. The fraction of sp³-hybridized carbons (Fsp3) is 0.222. The number of benzene rings is 3. The predicted octanol–water partition coefficient (Wildman–Crippen LogP) is 3.00. The SMILES string of the molecule is COc1ccc(N(CC(=O)N/N=C\c2ccc(OCC(=O)NCCc3ccccc3)cc2)S(C)(=O)=O)cc1Cl. The molecule has 2 amide bonds. The first-order valence-corrected chi connectivity index (χ1v) is 14.0. The molecule has 0 aliphatic heterocycles. The van der Waals surface area contributed by atoms with Crippen LogP contribution in [0.25, 0.3) is 0 Å². The summed E-state index contributed by atoms with van der Waals surface area (Å²) >= 11 is 6.10. The van der Waals surface area contributed by atoms with Gasteiger partial charge in [-0.2, -0.15) is 5.10 Å². The van der Waals surface area contributed by atoms with Crippen LogP contribution in [0.5, 0.6) is 11.5 Å². The molecule has 0 fully saturated rings. The van der Waals surface area contributed by atoms with Gasteiger partial charge in [-0.3, -0.25) is 13.9 Å². The number of carbonyl (C=O) groups is 2. The van der Waals surface area contributed by atoms with Gasteiger partial charge in [0.2, 0.25) is 10.0 Å². The Morgan fingerprint density at radius 3 is 2.38 bits per heavy atom. The van der Waals surface area contributed by atoms with E-state index in [0.717, 1.165) is 22.5 Å². The number of nitrogens with one attached hydrogen (secondary N) is 2. The van der Waals surface area contributed by atoms with Crippen LogP contribution in [0, 0.1) is 0 Å². The van der Waals surface area contributed by atoms with Crippen molar-refractivity contribution in [2.75, 3.05) is 37.4 Å². The van der Waals surface area contributed by atoms with E-state index >= 15 is 0 Å². The molecule has 0 aromatic heterocycles. The zero-order valence-electron chi connectivity index (χ0n) is 21.5. The van der Waals surface area contributed by atoms with Crippen molar-refractivity contribution in [1.82, 2.24) is 10.7 Å². The first-order chi connectivity index (χ1) is 18.7. The molecule has 0 saturated heterocycles. The van der Waals surface area contributed by atoms with Crippen LogP contribution in [0.2, 0.25) is 5.02 Å². The number of hydrogen-bond donors (Lipinski definition) is 2. The van der Waals surface area contributed by atoms with E-state index in [1.807, 2.05) is 30.3 Å². The molecule has 0 aliphatic rings. The molecule has 3 rings (SSSR count). The third kappa shape index (κ3) is 9.62. The number of nitrogens with zero attached hydrogens (tertiary/aromatic N) is 2. The van der Waals surface area contributed by atoms with Gasteiger partial charge in [-0.1, -0.05) is 41.9 Å². The third-order valence-electron chi connectivity index (χ3n) is 5.34. The Hall–Kier alpha value is -4.09. The lowest BCUT2D eigenvalue weighted by molar-refractivity contribution is -0.123. The first-order valence-electron chi connectivity index (χ1n) is 11.8. The van der Waals surface area contributed by atoms with Crippen molar-refractivity contribution in [3.63, 3.8) is 0 Å². The smallest absolute Gasteiger partial charge is 0.260 e. The van der Waals surface area contributed by atoms with Crippen LogP contribution < -0.4 is 24.5 Å². The highest BCUT2D eigenvalue weighted by molar-refractivity contribution is 7.92. The lowest BCUT2D eigenvalue weighted by Gasteiger charge is -2.21. The number of sulfonamides is 1. The fourth-order valence-corrected chi connectivity index (χ4v) is 4.50. The monoisotopic (exact) mass is 572 g/mol. The zero-order chi connectivity index (χ0) is 28.3. The maximum atomic E-state index is 12.4. The molecular weight excluding hydrogens is 544 g/mol. The number of methoxy groups -OCH3 is 1. The minimum atomic E-state index is -3.78. The van der Waals surface area contributed by atoms with E-state index in [-0.39, 0.29) is 23.2 Å². The second-order valence-electron chi connectivity index (χ2n) is 8.32. The lowest BCUT2D eigenvalue weighted by Crippen LogP contribution is -2.39. The Morgan fingerprint density at radius 2 is 1.74 bits per heavy atom. The zero-order valence-corrected chi connectivity index (χ0v) is 23.0. The predicted molar refractivity (Wildman–Crippen MR) is 151 cm³/mol. The topological polar surface area (TPSA) is 126 Å². The summed E-state index contributed by atoms with van der Waals surface area (Å²) in [5.41, 5.74) is 4.31. The molecule has 2 N–H and O–H groups in total. The second kappa shape index (κ2) is 14.2. The van der Waals surface area contributed by atoms with Crippen LogP contribution >= 0.6 is 11.6 Å². The van der Waals surface area contributed by atoms with Crippen molar-refractivity contribution in [1.29, 1.82) is 0 Å². The third-order valence-corrected chi connectivity index (χ3v) is 6.78. The molecule has 10 nitrogen and oxygen atoms in total. The van der Waals surface area contributed by atoms with Gasteiger partial charge in [-0.05, 0) is 60.0 Å². The van der Waals surface area contributed by atoms with Crippen molar-refractivity contribution in [2.24, 2.45) is 5.10 Å². The molecule has 0 saturated carbocycles. The fourth-order valence-electron chi connectivity index (χ4n) is 3.40. The van der Waals surface area contributed by atoms with Crippen LogP contribution in [0.15, 0.2) is 77.9 Å². The molecule has 0 bridgehead atoms. The van der Waals surface area contributed by atoms with Gasteiger partial charge in [0, 0.05) is 6.54 Å². The first kappa shape index (κ1) is 29.5. The van der Waals surface area contributed by atoms with Crippen molar-refractivity contribution < 1.29 is 27.5 Å². The number of hydrazone groups is 1. The Morgan fingerprint density at radius 1 is 1.03 bits per heavy atom. The number of amides is 2. The summed E-state index contributed by atoms with van der Waals surface area (Å²) in [5.74, 6) is -0.000965. The van der Waals surface area contributed by atoms with E-state index in [1.165, 1.54) is 31.5 Å². The summed E-state index contributed by atoms with van der Waals surface area (Å²) in [6, 6.07) is 21.0. The van der Waals surface area contributed by atoms with Gasteiger partial charge in [0.25, 0.3) is 11.8 Å². The molecule has 3 aromatic carbocycles. The maximum absolute atomic E-state index is 12.4. The molecule has 0 spiro atoms. The highest BCUT2D eigenvalue weighted by Gasteiger charge is 2.21. The Labute approximate surface area is 232 Å². The molecule has 0 heterocycles. The normalized spacial score (nSPS) is 11.2. The highest BCUT2D eigenvalue weighted by Crippen LogP contribution is 2.30. The standard InChI is InChI=1S/C27H29ClN4O6S/c1-37-25-13-10-22(16-24(25)28)32(39(2,35)36)18-26(33)31-30-17-21-8-11-23(12-9-21)38-19-27(34)29-15-14-20-6-4-3-5-7-20/h3-13,16-17H,14-15,18-19H2,1-2H3,(H,29,34)(H,31,33)/b30-17-. The summed E-state index contributed by atoms with van der Waals surface area (Å²) in [4.78, 5) is 24.4. The summed E-state index contributed by atoms with van der Waals surface area (Å²) in [5, 5.41) is 6.90. The van der Waals surface area contributed by atoms with Crippen molar-refractivity contribution in [3.8, 4) is 11.5 Å². The van der Waals surface area contributed by atoms with E-state index in [2.05, 4.69) is 15.8 Å². The highest BCUT2D eigenvalue weighted by atomic mass is 35.5. The molecule has 0 radical (unpaired) electrons. The summed E-state index contributed by atoms with van der Waals surface area (Å²) in [7, 11) is -2.34. The Balaban J connectivity index is 1.46. The van der Waals surface area contributed by atoms with Crippen LogP contribution in [0.3, 0.4) is 0 Å². The molecule has 12 heteroatoms. The Kier molecular flexibility index (Phi) is 10.7. The molecule has 39 heavy (non-hydrogen) atoms. The number of halogens is 1. The quantitative estimate of drug-likeness (QED) is 0.239. The van der Waals surface area contributed by atoms with Crippen molar-refractivity contribution in [2.45, 2.75) is 6.42 Å². The molecule has 206 valence electrons. The van der Waals surface area contributed by atoms with Crippen LogP contribution in [-0.4, -0.2) is 59.5 Å². The Bertz CT molecular complexity index is 1400. The van der Waals surface area contributed by atoms with Gasteiger partial charge in [-0.25, -0.2) is 13.8 Å². The van der Waals surface area contributed by atoms with Crippen LogP contribution in [-0.2, 0) is 26.0 Å². The molecule has 3 aromatic rings. The van der Waals surface area contributed by atoms with Crippen molar-refractivity contribution >= 4 is 45.3 Å². The van der Waals surface area contributed by atoms with E-state index in [0.29, 0.717) is 23.6 Å². The van der Waals surface area contributed by atoms with E-state index in [1.54, 1.807) is 24.3 Å². The summed E-state index contributed by atoms with van der Waals surface area (Å²) in [6.45, 7) is -0.101. The van der Waals surface area contributed by atoms with E-state index in [9.17, 15) is 18.0 Å². The van der Waals surface area contributed by atoms with Gasteiger partial charge in [0.15, 0.2) is 6.61 Å². The number of hydrogen-bond acceptors (Lipinski definition) is 7. The molecule has 0 unspecified atom stereocenters. The van der Waals surface area contributed by atoms with Gasteiger partial charge < -0.3 is 14.8 Å². The van der Waals surface area contributed by atoms with Gasteiger partial charge >= 0.3 is 0 Å². The second-order valence-corrected chi connectivity index (χ2v) is 10.6. The van der Waals surface area contributed by atoms with E-state index in [4.69, 9.17) is 21.1 Å². The number of anilines is 1. The minimum absolute atomic E-state index is 0.117. The number of rotatable bonds is 13. The number of ether oxygens (including phenoxy) is 2. The summed E-state index contributed by atoms with van der Waals surface area (Å²) < 4.78 is 36.0. The van der Waals surface area contributed by atoms with Gasteiger partial charge in [0.1, 0.15) is 18.0 Å². The van der Waals surface area contributed by atoms with Crippen LogP contribution in [0.1, 0.15) is 11.1 Å². The van der Waals surface area contributed by atoms with Gasteiger partial charge in [0.05, 0.1) is 30.3 Å². The lowest BCUT2D eigenvalue weighted by atomic mass is 10.1. The average Bonchev–Trinajstić information content (AvgIpc) is 2.91. The number of carbonyl (C=O) groups excluding carboxylic acids is 2. The molecular formula is C27H29ClN4O6S. The van der Waals surface area contributed by atoms with Crippen molar-refractivity contribution in [3.05, 3.63) is 88.9 Å². The minimum Gasteiger partial charge on any atom is -0.495 e. The maximum Gasteiger partial charge on any atom is 0.260 e. The largest absolute Gasteiger partial charge is 0.495 e. The van der Waals surface area contributed by atoms with Crippen LogP contribution in [0.4, 0.5) is 5.69 Å². The molecule has 0 atom stereocenters.